The van der Waals surface area contributed by atoms with E-state index in [4.69, 9.17) is 27.9 Å². The fourth-order valence-electron chi connectivity index (χ4n) is 2.47. The molecule has 0 aliphatic rings. The Labute approximate surface area is 145 Å². The lowest BCUT2D eigenvalue weighted by molar-refractivity contribution is -0.0550. The molecule has 0 saturated heterocycles. The first kappa shape index (κ1) is 17.8. The van der Waals surface area contributed by atoms with E-state index in [1.165, 1.54) is 12.4 Å². The maximum Gasteiger partial charge on any atom is 0.340 e. The maximum absolute atomic E-state index is 12.5. The third-order valence-corrected chi connectivity index (χ3v) is 4.35. The van der Waals surface area contributed by atoms with Crippen molar-refractivity contribution in [3.8, 4) is 0 Å². The van der Waals surface area contributed by atoms with Crippen molar-refractivity contribution in [2.75, 3.05) is 0 Å². The van der Waals surface area contributed by atoms with Crippen molar-refractivity contribution >= 4 is 29.2 Å². The van der Waals surface area contributed by atoms with Gasteiger partial charge in [0.15, 0.2) is 0 Å². The Morgan fingerprint density at radius 3 is 2.65 bits per heavy atom. The van der Waals surface area contributed by atoms with Crippen LogP contribution in [0.25, 0.3) is 0 Å². The summed E-state index contributed by atoms with van der Waals surface area (Å²) in [5.41, 5.74) is 0.0470. The van der Waals surface area contributed by atoms with Crippen LogP contribution in [0.1, 0.15) is 50.2 Å². The van der Waals surface area contributed by atoms with Crippen LogP contribution in [0.5, 0.6) is 0 Å². The van der Waals surface area contributed by atoms with Crippen LogP contribution in [0.4, 0.5) is 0 Å². The summed E-state index contributed by atoms with van der Waals surface area (Å²) in [5.74, 6) is -0.478. The van der Waals surface area contributed by atoms with Gasteiger partial charge in [0.05, 0.1) is 15.6 Å². The highest BCUT2D eigenvalue weighted by Crippen LogP contribution is 2.37. The van der Waals surface area contributed by atoms with Crippen LogP contribution in [0, 0.1) is 5.41 Å². The van der Waals surface area contributed by atoms with E-state index in [-0.39, 0.29) is 5.41 Å². The molecule has 1 atom stereocenters. The molecule has 0 bridgehead atoms. The molecule has 23 heavy (non-hydrogen) atoms. The Morgan fingerprint density at radius 2 is 2.09 bits per heavy atom. The van der Waals surface area contributed by atoms with E-state index in [1.807, 2.05) is 13.8 Å². The lowest BCUT2D eigenvalue weighted by atomic mass is 9.86. The molecule has 124 valence electrons. The average molecular weight is 356 g/mol. The van der Waals surface area contributed by atoms with Gasteiger partial charge in [0, 0.05) is 5.41 Å². The van der Waals surface area contributed by atoms with Crippen LogP contribution in [-0.4, -0.2) is 20.7 Å². The molecule has 1 heterocycles. The van der Waals surface area contributed by atoms with E-state index in [1.54, 1.807) is 23.1 Å². The number of hydrogen-bond donors (Lipinski definition) is 0. The SMILES string of the molecule is CCCC(C)(C)C(OC(=O)c1ccc(Cl)c(Cl)c1)n1cncn1. The van der Waals surface area contributed by atoms with Crippen LogP contribution in [0.3, 0.4) is 0 Å². The van der Waals surface area contributed by atoms with Gasteiger partial charge in [0.25, 0.3) is 0 Å². The topological polar surface area (TPSA) is 57.0 Å². The average Bonchev–Trinajstić information content (AvgIpc) is 3.01. The van der Waals surface area contributed by atoms with Crippen LogP contribution in [0.2, 0.25) is 10.0 Å². The molecule has 1 aromatic heterocycles. The fourth-order valence-corrected chi connectivity index (χ4v) is 2.77. The number of hydrogen-bond acceptors (Lipinski definition) is 4. The number of rotatable bonds is 6. The van der Waals surface area contributed by atoms with E-state index < -0.39 is 12.2 Å². The minimum absolute atomic E-state index is 0.297. The van der Waals surface area contributed by atoms with E-state index >= 15 is 0 Å². The third-order valence-electron chi connectivity index (χ3n) is 3.61. The Balaban J connectivity index is 2.27. The van der Waals surface area contributed by atoms with Crippen molar-refractivity contribution in [3.63, 3.8) is 0 Å². The lowest BCUT2D eigenvalue weighted by Crippen LogP contribution is -2.32. The first-order valence-corrected chi connectivity index (χ1v) is 8.11. The molecule has 0 aliphatic carbocycles. The minimum atomic E-state index is -0.563. The van der Waals surface area contributed by atoms with Crippen molar-refractivity contribution in [1.82, 2.24) is 14.8 Å². The molecule has 0 aliphatic heterocycles. The Morgan fingerprint density at radius 1 is 1.35 bits per heavy atom. The van der Waals surface area contributed by atoms with Crippen LogP contribution < -0.4 is 0 Å². The maximum atomic E-state index is 12.5. The van der Waals surface area contributed by atoms with Crippen molar-refractivity contribution in [2.45, 2.75) is 39.8 Å². The van der Waals surface area contributed by atoms with Gasteiger partial charge in [0.1, 0.15) is 12.7 Å². The van der Waals surface area contributed by atoms with E-state index in [2.05, 4.69) is 17.0 Å². The second-order valence-electron chi connectivity index (χ2n) is 6.00. The predicted molar refractivity (Wildman–Crippen MR) is 89.6 cm³/mol. The van der Waals surface area contributed by atoms with E-state index in [9.17, 15) is 4.79 Å². The summed E-state index contributed by atoms with van der Waals surface area (Å²) in [6.45, 7) is 6.15. The van der Waals surface area contributed by atoms with Gasteiger partial charge in [0.2, 0.25) is 6.23 Å². The first-order chi connectivity index (χ1) is 10.8. The van der Waals surface area contributed by atoms with Crippen LogP contribution in [-0.2, 0) is 4.74 Å². The molecule has 0 saturated carbocycles. The number of halogens is 2. The van der Waals surface area contributed by atoms with Gasteiger partial charge in [-0.15, -0.1) is 0 Å². The Bertz CT molecular complexity index is 672. The van der Waals surface area contributed by atoms with E-state index in [0.29, 0.717) is 15.6 Å². The largest absolute Gasteiger partial charge is 0.435 e. The van der Waals surface area contributed by atoms with Gasteiger partial charge in [-0.05, 0) is 24.6 Å². The number of esters is 1. The third kappa shape index (κ3) is 4.24. The molecular weight excluding hydrogens is 337 g/mol. The number of nitrogens with zero attached hydrogens (tertiary/aromatic N) is 3. The fraction of sp³-hybridized carbons (Fsp3) is 0.438. The number of benzene rings is 1. The van der Waals surface area contributed by atoms with Crippen molar-refractivity contribution in [3.05, 3.63) is 46.5 Å². The van der Waals surface area contributed by atoms with Crippen LogP contribution in [0.15, 0.2) is 30.9 Å². The molecule has 2 aromatic rings. The molecule has 0 radical (unpaired) electrons. The summed E-state index contributed by atoms with van der Waals surface area (Å²) in [4.78, 5) is 16.4. The zero-order valence-electron chi connectivity index (χ0n) is 13.3. The molecule has 0 fully saturated rings. The monoisotopic (exact) mass is 355 g/mol. The summed E-state index contributed by atoms with van der Waals surface area (Å²) in [5, 5.41) is 4.83. The lowest BCUT2D eigenvalue weighted by Gasteiger charge is -2.33. The zero-order valence-corrected chi connectivity index (χ0v) is 14.8. The summed E-state index contributed by atoms with van der Waals surface area (Å²) in [6, 6.07) is 4.65. The summed E-state index contributed by atoms with van der Waals surface area (Å²) >= 11 is 11.8. The summed E-state index contributed by atoms with van der Waals surface area (Å²) < 4.78 is 7.27. The second-order valence-corrected chi connectivity index (χ2v) is 6.82. The van der Waals surface area contributed by atoms with Gasteiger partial charge in [-0.25, -0.2) is 14.5 Å². The molecule has 1 aromatic carbocycles. The number of ether oxygens (including phenoxy) is 1. The number of carbonyl (C=O) groups excluding carboxylic acids is 1. The Hall–Kier alpha value is -1.59. The smallest absolute Gasteiger partial charge is 0.340 e. The van der Waals surface area contributed by atoms with Crippen molar-refractivity contribution in [1.29, 1.82) is 0 Å². The molecule has 0 spiro atoms. The summed E-state index contributed by atoms with van der Waals surface area (Å²) in [7, 11) is 0. The number of aromatic nitrogens is 3. The van der Waals surface area contributed by atoms with Gasteiger partial charge in [-0.3, -0.25) is 0 Å². The van der Waals surface area contributed by atoms with Gasteiger partial charge in [-0.1, -0.05) is 50.4 Å². The molecule has 7 heteroatoms. The highest BCUT2D eigenvalue weighted by atomic mass is 35.5. The first-order valence-electron chi connectivity index (χ1n) is 7.35. The molecule has 5 nitrogen and oxygen atoms in total. The summed E-state index contributed by atoms with van der Waals surface area (Å²) in [6.07, 6.45) is 4.23. The van der Waals surface area contributed by atoms with Crippen molar-refractivity contribution in [2.24, 2.45) is 5.41 Å². The molecule has 1 unspecified atom stereocenters. The molecule has 2 rings (SSSR count). The minimum Gasteiger partial charge on any atom is -0.435 e. The standard InChI is InChI=1S/C16H19Cl2N3O2/c1-4-7-16(2,3)15(21-10-19-9-20-21)23-14(22)11-5-6-12(17)13(18)8-11/h5-6,8-10,15H,4,7H2,1-3H3. The molecular formula is C16H19Cl2N3O2. The van der Waals surface area contributed by atoms with Crippen LogP contribution >= 0.6 is 23.2 Å². The second kappa shape index (κ2) is 7.32. The molecule has 0 N–H and O–H groups in total. The van der Waals surface area contributed by atoms with E-state index in [0.717, 1.165) is 12.8 Å². The highest BCUT2D eigenvalue weighted by molar-refractivity contribution is 6.42. The zero-order chi connectivity index (χ0) is 17.0. The quantitative estimate of drug-likeness (QED) is 0.700. The molecule has 0 amide bonds. The highest BCUT2D eigenvalue weighted by Gasteiger charge is 2.34. The van der Waals surface area contributed by atoms with Gasteiger partial charge < -0.3 is 4.74 Å². The van der Waals surface area contributed by atoms with Gasteiger partial charge >= 0.3 is 5.97 Å². The van der Waals surface area contributed by atoms with Crippen molar-refractivity contribution < 1.29 is 9.53 Å². The van der Waals surface area contributed by atoms with Gasteiger partial charge in [-0.2, -0.15) is 5.10 Å². The Kier molecular flexibility index (Phi) is 5.65. The number of carbonyl (C=O) groups is 1. The predicted octanol–water partition coefficient (Wildman–Crippen LogP) is 4.77. The normalized spacial score (nSPS) is 12.9.